The van der Waals surface area contributed by atoms with Crippen molar-refractivity contribution in [3.05, 3.63) is 0 Å². The molecule has 0 spiro atoms. The summed E-state index contributed by atoms with van der Waals surface area (Å²) in [7, 11) is 0. The predicted octanol–water partition coefficient (Wildman–Crippen LogP) is 3.55. The average molecular weight is 297 g/mol. The van der Waals surface area contributed by atoms with E-state index in [-0.39, 0.29) is 17.7 Å². The highest BCUT2D eigenvalue weighted by molar-refractivity contribution is 5.79. The molecule has 0 bridgehead atoms. The summed E-state index contributed by atoms with van der Waals surface area (Å²) in [5.74, 6) is -0.353. The number of carbonyl (C=O) groups is 2. The molecule has 0 aromatic carbocycles. The highest BCUT2D eigenvalue weighted by Crippen LogP contribution is 2.35. The van der Waals surface area contributed by atoms with Gasteiger partial charge in [-0.2, -0.15) is 0 Å². The Morgan fingerprint density at radius 1 is 1.24 bits per heavy atom. The zero-order valence-electron chi connectivity index (χ0n) is 14.0. The fourth-order valence-corrected chi connectivity index (χ4v) is 3.29. The summed E-state index contributed by atoms with van der Waals surface area (Å²) in [6.45, 7) is 9.18. The summed E-state index contributed by atoms with van der Waals surface area (Å²) >= 11 is 0. The Hall–Kier alpha value is -1.06. The highest BCUT2D eigenvalue weighted by Gasteiger charge is 2.40. The van der Waals surface area contributed by atoms with Gasteiger partial charge in [-0.3, -0.25) is 9.59 Å². The number of likely N-dealkylation sites (tertiary alicyclic amines) is 1. The number of carboxylic acids is 1. The van der Waals surface area contributed by atoms with Crippen molar-refractivity contribution >= 4 is 11.9 Å². The fourth-order valence-electron chi connectivity index (χ4n) is 3.29. The van der Waals surface area contributed by atoms with Gasteiger partial charge in [-0.25, -0.2) is 0 Å². The average Bonchev–Trinajstić information content (AvgIpc) is 2.46. The maximum Gasteiger partial charge on any atom is 0.309 e. The molecule has 0 saturated carbocycles. The van der Waals surface area contributed by atoms with E-state index < -0.39 is 11.4 Å². The molecule has 0 radical (unpaired) electrons. The summed E-state index contributed by atoms with van der Waals surface area (Å²) < 4.78 is 0. The van der Waals surface area contributed by atoms with Crippen molar-refractivity contribution in [1.82, 2.24) is 4.90 Å². The van der Waals surface area contributed by atoms with Crippen LogP contribution in [-0.2, 0) is 9.59 Å². The summed E-state index contributed by atoms with van der Waals surface area (Å²) in [4.78, 5) is 26.1. The van der Waals surface area contributed by atoms with E-state index in [9.17, 15) is 14.7 Å². The fraction of sp³-hybridized carbons (Fsp3) is 0.882. The van der Waals surface area contributed by atoms with Crippen LogP contribution in [0.15, 0.2) is 0 Å². The minimum Gasteiger partial charge on any atom is -0.481 e. The Morgan fingerprint density at radius 3 is 2.29 bits per heavy atom. The molecule has 1 heterocycles. The third kappa shape index (κ3) is 4.45. The van der Waals surface area contributed by atoms with Gasteiger partial charge in [0, 0.05) is 19.0 Å². The van der Waals surface area contributed by atoms with E-state index in [1.807, 2.05) is 4.90 Å². The van der Waals surface area contributed by atoms with Crippen LogP contribution >= 0.6 is 0 Å². The molecule has 1 N–H and O–H groups in total. The molecule has 1 amide bonds. The van der Waals surface area contributed by atoms with Crippen molar-refractivity contribution in [3.63, 3.8) is 0 Å². The molecular weight excluding hydrogens is 266 g/mol. The van der Waals surface area contributed by atoms with Gasteiger partial charge in [-0.05, 0) is 45.4 Å². The number of amides is 1. The Bertz CT molecular complexity index is 359. The van der Waals surface area contributed by atoms with E-state index in [2.05, 4.69) is 13.8 Å². The number of nitrogens with zero attached hydrogens (tertiary/aromatic N) is 1. The monoisotopic (exact) mass is 297 g/mol. The van der Waals surface area contributed by atoms with Gasteiger partial charge in [-0.1, -0.05) is 26.7 Å². The first-order valence-corrected chi connectivity index (χ1v) is 8.36. The summed E-state index contributed by atoms with van der Waals surface area (Å²) in [6.07, 6.45) is 5.74. The Balaban J connectivity index is 2.75. The van der Waals surface area contributed by atoms with Gasteiger partial charge in [0.05, 0.1) is 5.41 Å². The van der Waals surface area contributed by atoms with Crippen molar-refractivity contribution in [1.29, 1.82) is 0 Å². The van der Waals surface area contributed by atoms with E-state index >= 15 is 0 Å². The topological polar surface area (TPSA) is 57.6 Å². The number of rotatable bonds is 7. The van der Waals surface area contributed by atoms with Crippen molar-refractivity contribution in [3.8, 4) is 0 Å². The van der Waals surface area contributed by atoms with Gasteiger partial charge in [0.15, 0.2) is 0 Å². The lowest BCUT2D eigenvalue weighted by atomic mass is 9.74. The molecule has 1 aliphatic heterocycles. The largest absolute Gasteiger partial charge is 0.481 e. The molecule has 0 aliphatic carbocycles. The minimum absolute atomic E-state index is 0.0524. The summed E-state index contributed by atoms with van der Waals surface area (Å²) in [5, 5.41) is 9.39. The number of piperidine rings is 1. The van der Waals surface area contributed by atoms with Crippen molar-refractivity contribution < 1.29 is 14.7 Å². The molecule has 1 aliphatic rings. The molecule has 1 fully saturated rings. The number of hydrogen-bond donors (Lipinski definition) is 1. The molecule has 1 saturated heterocycles. The minimum atomic E-state index is -0.763. The molecule has 1 unspecified atom stereocenters. The Labute approximate surface area is 128 Å². The molecule has 122 valence electrons. The van der Waals surface area contributed by atoms with Crippen LogP contribution < -0.4 is 0 Å². The van der Waals surface area contributed by atoms with Gasteiger partial charge >= 0.3 is 5.97 Å². The van der Waals surface area contributed by atoms with Crippen LogP contribution in [0.5, 0.6) is 0 Å². The van der Waals surface area contributed by atoms with E-state index in [4.69, 9.17) is 0 Å². The van der Waals surface area contributed by atoms with E-state index in [0.717, 1.165) is 45.1 Å². The number of carbonyl (C=O) groups excluding carboxylic acids is 1. The van der Waals surface area contributed by atoms with Gasteiger partial charge in [-0.15, -0.1) is 0 Å². The van der Waals surface area contributed by atoms with Crippen molar-refractivity contribution in [2.45, 2.75) is 66.2 Å². The van der Waals surface area contributed by atoms with E-state index in [1.54, 1.807) is 13.8 Å². The highest BCUT2D eigenvalue weighted by atomic mass is 16.4. The smallest absolute Gasteiger partial charge is 0.309 e. The maximum atomic E-state index is 12.7. The second-order valence-electron chi connectivity index (χ2n) is 6.92. The van der Waals surface area contributed by atoms with Crippen LogP contribution in [0.25, 0.3) is 0 Å². The second-order valence-corrected chi connectivity index (χ2v) is 6.92. The first kappa shape index (κ1) is 18.0. The van der Waals surface area contributed by atoms with Crippen LogP contribution in [0, 0.1) is 17.3 Å². The predicted molar refractivity (Wildman–Crippen MR) is 84.0 cm³/mol. The van der Waals surface area contributed by atoms with Crippen molar-refractivity contribution in [2.24, 2.45) is 17.3 Å². The van der Waals surface area contributed by atoms with Gasteiger partial charge in [0.1, 0.15) is 0 Å². The number of aliphatic carboxylic acids is 1. The Kier molecular flexibility index (Phi) is 6.69. The Morgan fingerprint density at radius 2 is 1.81 bits per heavy atom. The second kappa shape index (κ2) is 7.81. The molecule has 1 rings (SSSR count). The molecule has 21 heavy (non-hydrogen) atoms. The van der Waals surface area contributed by atoms with Crippen LogP contribution in [0.1, 0.15) is 66.2 Å². The lowest BCUT2D eigenvalue weighted by Gasteiger charge is -2.40. The normalized spacial score (nSPS) is 19.9. The first-order chi connectivity index (χ1) is 9.84. The number of hydrogen-bond acceptors (Lipinski definition) is 2. The maximum absolute atomic E-state index is 12.7. The van der Waals surface area contributed by atoms with E-state index in [1.165, 1.54) is 0 Å². The van der Waals surface area contributed by atoms with Crippen LogP contribution in [-0.4, -0.2) is 35.0 Å². The molecule has 0 aromatic heterocycles. The zero-order chi connectivity index (χ0) is 16.0. The number of carboxylic acid groups (broad SMARTS) is 1. The van der Waals surface area contributed by atoms with Crippen LogP contribution in [0.2, 0.25) is 0 Å². The third-order valence-corrected chi connectivity index (χ3v) is 4.93. The van der Waals surface area contributed by atoms with Crippen LogP contribution in [0.4, 0.5) is 0 Å². The molecule has 1 atom stereocenters. The quantitative estimate of drug-likeness (QED) is 0.781. The molecule has 4 heteroatoms. The van der Waals surface area contributed by atoms with Crippen LogP contribution in [0.3, 0.4) is 0 Å². The summed E-state index contributed by atoms with van der Waals surface area (Å²) in [6, 6.07) is 0. The van der Waals surface area contributed by atoms with Gasteiger partial charge < -0.3 is 10.0 Å². The third-order valence-electron chi connectivity index (χ3n) is 4.93. The van der Waals surface area contributed by atoms with Crippen molar-refractivity contribution in [2.75, 3.05) is 13.1 Å². The molecule has 4 nitrogen and oxygen atoms in total. The molecular formula is C17H31NO3. The molecule has 0 aromatic rings. The van der Waals surface area contributed by atoms with Gasteiger partial charge in [0.25, 0.3) is 0 Å². The summed E-state index contributed by atoms with van der Waals surface area (Å²) in [5.41, 5.74) is -0.760. The van der Waals surface area contributed by atoms with Gasteiger partial charge in [0.2, 0.25) is 5.91 Å². The zero-order valence-corrected chi connectivity index (χ0v) is 14.0. The first-order valence-electron chi connectivity index (χ1n) is 8.36. The lowest BCUT2D eigenvalue weighted by Crippen LogP contribution is -2.48. The SMILES string of the molecule is CCCC(CCC)C(=O)N1CCCC(C(C)(C)C(=O)O)C1. The van der Waals surface area contributed by atoms with E-state index in [0.29, 0.717) is 6.54 Å². The standard InChI is InChI=1S/C17H31NO3/c1-5-8-13(9-6-2)15(19)18-11-7-10-14(12-18)17(3,4)16(20)21/h13-14H,5-12H2,1-4H3,(H,20,21). The lowest BCUT2D eigenvalue weighted by molar-refractivity contribution is -0.153.